The Morgan fingerprint density at radius 1 is 0.375 bits per heavy atom. The lowest BCUT2D eigenvalue weighted by Crippen LogP contribution is -2.11. The van der Waals surface area contributed by atoms with E-state index < -0.39 is 0 Å². The molecule has 10 aromatic carbocycles. The SMILES string of the molecule is C1=C(c2cccc(-c3ccccc3N(c3ccc(-c4ccc(-c5cccc6ccccc56)cc4)cc3)c3cccc4ccccc34)c2)c2c(n(-c3ccccc3)c3ccccc23)CC1. The molecule has 0 bridgehead atoms. The van der Waals surface area contributed by atoms with Gasteiger partial charge in [-0.25, -0.2) is 0 Å². The van der Waals surface area contributed by atoms with Gasteiger partial charge in [0.15, 0.2) is 0 Å². The largest absolute Gasteiger partial charge is 0.313 e. The lowest BCUT2D eigenvalue weighted by Gasteiger charge is -2.29. The predicted octanol–water partition coefficient (Wildman–Crippen LogP) is 16.8. The quantitative estimate of drug-likeness (QED) is 0.148. The lowest BCUT2D eigenvalue weighted by molar-refractivity contribution is 0.884. The average Bonchev–Trinajstić information content (AvgIpc) is 3.72. The van der Waals surface area contributed by atoms with E-state index in [1.807, 2.05) is 0 Å². The highest BCUT2D eigenvalue weighted by molar-refractivity contribution is 6.03. The Morgan fingerprint density at radius 2 is 0.938 bits per heavy atom. The van der Waals surface area contributed by atoms with Crippen LogP contribution < -0.4 is 4.90 Å². The maximum atomic E-state index is 2.48. The number of hydrogen-bond acceptors (Lipinski definition) is 1. The molecule has 2 heteroatoms. The summed E-state index contributed by atoms with van der Waals surface area (Å²) in [5.41, 5.74) is 18.3. The molecule has 0 radical (unpaired) electrons. The minimum absolute atomic E-state index is 0.992. The molecule has 1 aliphatic rings. The van der Waals surface area contributed by atoms with Gasteiger partial charge in [-0.15, -0.1) is 0 Å². The van der Waals surface area contributed by atoms with Crippen LogP contribution >= 0.6 is 0 Å². The Bertz CT molecular complexity index is 3530. The number of allylic oxidation sites excluding steroid dienone is 1. The third-order valence-electron chi connectivity index (χ3n) is 13.1. The number of aromatic nitrogens is 1. The van der Waals surface area contributed by atoms with Crippen molar-refractivity contribution in [2.75, 3.05) is 4.90 Å². The van der Waals surface area contributed by atoms with E-state index in [2.05, 4.69) is 252 Å². The van der Waals surface area contributed by atoms with Crippen molar-refractivity contribution in [2.45, 2.75) is 12.8 Å². The number of fused-ring (bicyclic) bond motifs is 5. The van der Waals surface area contributed by atoms with Crippen molar-refractivity contribution < 1.29 is 0 Å². The van der Waals surface area contributed by atoms with Crippen LogP contribution in [-0.4, -0.2) is 4.57 Å². The summed E-state index contributed by atoms with van der Waals surface area (Å²) in [5.74, 6) is 0. The molecule has 302 valence electrons. The summed E-state index contributed by atoms with van der Waals surface area (Å²) in [4.78, 5) is 2.45. The van der Waals surface area contributed by atoms with Crippen molar-refractivity contribution in [3.05, 3.63) is 259 Å². The van der Waals surface area contributed by atoms with E-state index in [-0.39, 0.29) is 0 Å². The van der Waals surface area contributed by atoms with Gasteiger partial charge in [0.25, 0.3) is 0 Å². The molecule has 1 heterocycles. The second-order valence-corrected chi connectivity index (χ2v) is 16.7. The first-order valence-electron chi connectivity index (χ1n) is 22.3. The Kier molecular flexibility index (Phi) is 9.34. The first kappa shape index (κ1) is 37.6. The summed E-state index contributed by atoms with van der Waals surface area (Å²) in [6, 6.07) is 86.4. The monoisotopic (exact) mass is 816 g/mol. The van der Waals surface area contributed by atoms with Crippen LogP contribution in [0, 0.1) is 0 Å². The molecule has 64 heavy (non-hydrogen) atoms. The fraction of sp³-hybridized carbons (Fsp3) is 0.0323. The van der Waals surface area contributed by atoms with Crippen molar-refractivity contribution in [1.29, 1.82) is 0 Å². The zero-order valence-electron chi connectivity index (χ0n) is 35.4. The Labute approximate surface area is 374 Å². The predicted molar refractivity (Wildman–Crippen MR) is 271 cm³/mol. The molecule has 0 saturated carbocycles. The molecule has 11 aromatic rings. The van der Waals surface area contributed by atoms with E-state index in [4.69, 9.17) is 0 Å². The molecular formula is C62H44N2. The maximum absolute atomic E-state index is 2.48. The van der Waals surface area contributed by atoms with E-state index >= 15 is 0 Å². The van der Waals surface area contributed by atoms with Gasteiger partial charge in [-0.2, -0.15) is 0 Å². The highest BCUT2D eigenvalue weighted by atomic mass is 15.1. The highest BCUT2D eigenvalue weighted by Gasteiger charge is 2.25. The van der Waals surface area contributed by atoms with E-state index in [1.54, 1.807) is 0 Å². The molecule has 0 saturated heterocycles. The summed E-state index contributed by atoms with van der Waals surface area (Å²) in [6.07, 6.45) is 4.45. The zero-order valence-corrected chi connectivity index (χ0v) is 35.4. The summed E-state index contributed by atoms with van der Waals surface area (Å²) >= 11 is 0. The van der Waals surface area contributed by atoms with Crippen LogP contribution in [0.4, 0.5) is 17.1 Å². The van der Waals surface area contributed by atoms with E-state index in [9.17, 15) is 0 Å². The Morgan fingerprint density at radius 3 is 1.75 bits per heavy atom. The van der Waals surface area contributed by atoms with Gasteiger partial charge in [0, 0.05) is 39.0 Å². The fourth-order valence-electron chi connectivity index (χ4n) is 10.1. The molecular weight excluding hydrogens is 773 g/mol. The van der Waals surface area contributed by atoms with Crippen LogP contribution in [0.5, 0.6) is 0 Å². The van der Waals surface area contributed by atoms with Crippen molar-refractivity contribution in [3.8, 4) is 39.1 Å². The van der Waals surface area contributed by atoms with Crippen LogP contribution in [-0.2, 0) is 6.42 Å². The maximum Gasteiger partial charge on any atom is 0.0540 e. The highest BCUT2D eigenvalue weighted by Crippen LogP contribution is 2.46. The minimum Gasteiger partial charge on any atom is -0.313 e. The zero-order chi connectivity index (χ0) is 42.4. The van der Waals surface area contributed by atoms with E-state index in [0.717, 1.165) is 29.9 Å². The van der Waals surface area contributed by atoms with Gasteiger partial charge in [-0.3, -0.25) is 0 Å². The molecule has 0 atom stereocenters. The molecule has 1 aromatic heterocycles. The Balaban J connectivity index is 0.949. The molecule has 2 nitrogen and oxygen atoms in total. The molecule has 0 fully saturated rings. The van der Waals surface area contributed by atoms with Gasteiger partial charge >= 0.3 is 0 Å². The van der Waals surface area contributed by atoms with Crippen LogP contribution in [0.3, 0.4) is 0 Å². The van der Waals surface area contributed by atoms with Crippen LogP contribution in [0.1, 0.15) is 23.2 Å². The number of nitrogens with zero attached hydrogens (tertiary/aromatic N) is 2. The van der Waals surface area contributed by atoms with Crippen molar-refractivity contribution in [2.24, 2.45) is 0 Å². The second-order valence-electron chi connectivity index (χ2n) is 16.7. The number of benzene rings is 10. The summed E-state index contributed by atoms with van der Waals surface area (Å²) < 4.78 is 2.48. The second kappa shape index (κ2) is 15.9. The topological polar surface area (TPSA) is 8.17 Å². The van der Waals surface area contributed by atoms with Crippen molar-refractivity contribution in [3.63, 3.8) is 0 Å². The number of hydrogen-bond donors (Lipinski definition) is 0. The third-order valence-corrected chi connectivity index (χ3v) is 13.1. The van der Waals surface area contributed by atoms with Gasteiger partial charge in [0.2, 0.25) is 0 Å². The molecule has 0 spiro atoms. The smallest absolute Gasteiger partial charge is 0.0540 e. The van der Waals surface area contributed by atoms with E-state index in [1.165, 1.54) is 93.9 Å². The van der Waals surface area contributed by atoms with E-state index in [0.29, 0.717) is 0 Å². The first-order valence-corrected chi connectivity index (χ1v) is 22.3. The minimum atomic E-state index is 0.992. The first-order chi connectivity index (χ1) is 31.8. The molecule has 0 amide bonds. The summed E-state index contributed by atoms with van der Waals surface area (Å²) in [6.45, 7) is 0. The van der Waals surface area contributed by atoms with Crippen LogP contribution in [0.15, 0.2) is 243 Å². The van der Waals surface area contributed by atoms with Gasteiger partial charge in [-0.05, 0) is 116 Å². The molecule has 1 aliphatic carbocycles. The van der Waals surface area contributed by atoms with Crippen molar-refractivity contribution in [1.82, 2.24) is 4.57 Å². The van der Waals surface area contributed by atoms with Crippen molar-refractivity contribution >= 4 is 55.1 Å². The van der Waals surface area contributed by atoms with Crippen LogP contribution in [0.25, 0.3) is 77.1 Å². The normalized spacial score (nSPS) is 12.3. The van der Waals surface area contributed by atoms with Gasteiger partial charge in [0.1, 0.15) is 0 Å². The summed E-state index contributed by atoms with van der Waals surface area (Å²) in [7, 11) is 0. The van der Waals surface area contributed by atoms with Gasteiger partial charge in [-0.1, -0.05) is 194 Å². The Hall–Kier alpha value is -8.20. The molecule has 0 aliphatic heterocycles. The number of rotatable bonds is 8. The number of anilines is 3. The molecule has 0 N–H and O–H groups in total. The average molecular weight is 817 g/mol. The third kappa shape index (κ3) is 6.51. The summed E-state index contributed by atoms with van der Waals surface area (Å²) in [5, 5.41) is 6.24. The number of para-hydroxylation sites is 3. The molecule has 0 unspecified atom stereocenters. The van der Waals surface area contributed by atoms with Gasteiger partial charge < -0.3 is 9.47 Å². The fourth-order valence-corrected chi connectivity index (χ4v) is 10.1. The molecule has 12 rings (SSSR count). The van der Waals surface area contributed by atoms with Crippen LogP contribution in [0.2, 0.25) is 0 Å². The lowest BCUT2D eigenvalue weighted by atomic mass is 9.88. The standard InChI is InChI=1S/C62H44N2/c1-2-22-50(23-3-1)64-60-31-11-9-27-57(60)62-56(29-15-33-61(62)64)49-21-12-20-48(42-49)55-26-8-10-30-58(55)63(59-32-14-19-46-17-5-7-25-54(46)59)51-40-38-44(39-41-51)43-34-36-47(37-35-43)53-28-13-18-45-16-4-6-24-52(45)53/h1-14,16-32,34-42H,15,33H2. The van der Waals surface area contributed by atoms with Gasteiger partial charge in [0.05, 0.1) is 16.9 Å².